The molecule has 26 heavy (non-hydrogen) atoms. The second-order valence-electron chi connectivity index (χ2n) is 6.34. The molecule has 0 aliphatic rings. The molecule has 0 saturated carbocycles. The summed E-state index contributed by atoms with van der Waals surface area (Å²) in [5.41, 5.74) is 4.00. The summed E-state index contributed by atoms with van der Waals surface area (Å²) in [5.74, 6) is 0.658. The van der Waals surface area contributed by atoms with E-state index in [9.17, 15) is 4.79 Å². The summed E-state index contributed by atoms with van der Waals surface area (Å²) in [6, 6.07) is 10.0. The molecule has 1 amide bonds. The van der Waals surface area contributed by atoms with Crippen LogP contribution in [0.1, 0.15) is 49.5 Å². The molecule has 0 aliphatic heterocycles. The molecule has 0 radical (unpaired) electrons. The molecule has 1 aromatic carbocycles. The van der Waals surface area contributed by atoms with Gasteiger partial charge in [-0.3, -0.25) is 4.79 Å². The molecule has 1 heterocycles. The minimum atomic E-state index is -0.0720. The highest BCUT2D eigenvalue weighted by Crippen LogP contribution is 2.25. The Kier molecular flexibility index (Phi) is 7.45. The van der Waals surface area contributed by atoms with Crippen molar-refractivity contribution in [2.45, 2.75) is 40.5 Å². The standard InChI is InChI=1S/C21H30N4O/c1-5-8-13-22-21(26)17-9-12-20(23-15-17)24-19-11-10-18(14-16(19)4)25(6-2)7-3/h9-12,14-15H,5-8,13H2,1-4H3,(H,22,26)(H,23,24). The van der Waals surface area contributed by atoms with Crippen LogP contribution in [-0.4, -0.2) is 30.5 Å². The summed E-state index contributed by atoms with van der Waals surface area (Å²) < 4.78 is 0. The zero-order valence-electron chi connectivity index (χ0n) is 16.3. The van der Waals surface area contributed by atoms with Crippen molar-refractivity contribution in [1.29, 1.82) is 0 Å². The summed E-state index contributed by atoms with van der Waals surface area (Å²) in [5, 5.41) is 6.23. The lowest BCUT2D eigenvalue weighted by atomic mass is 10.1. The fourth-order valence-corrected chi connectivity index (χ4v) is 2.79. The van der Waals surface area contributed by atoms with Gasteiger partial charge in [0.15, 0.2) is 0 Å². The highest BCUT2D eigenvalue weighted by molar-refractivity contribution is 5.94. The van der Waals surface area contributed by atoms with Gasteiger partial charge >= 0.3 is 0 Å². The second-order valence-corrected chi connectivity index (χ2v) is 6.34. The monoisotopic (exact) mass is 354 g/mol. The van der Waals surface area contributed by atoms with Gasteiger partial charge in [0.25, 0.3) is 5.91 Å². The minimum absolute atomic E-state index is 0.0720. The SMILES string of the molecule is CCCCNC(=O)c1ccc(Nc2ccc(N(CC)CC)cc2C)nc1. The topological polar surface area (TPSA) is 57.3 Å². The number of pyridine rings is 1. The number of aromatic nitrogens is 1. The quantitative estimate of drug-likeness (QED) is 0.651. The van der Waals surface area contributed by atoms with Crippen LogP contribution in [0, 0.1) is 6.92 Å². The van der Waals surface area contributed by atoms with E-state index in [1.165, 1.54) is 5.69 Å². The molecule has 0 saturated heterocycles. The van der Waals surface area contributed by atoms with Gasteiger partial charge in [0.05, 0.1) is 5.56 Å². The third-order valence-corrected chi connectivity index (χ3v) is 4.44. The number of aryl methyl sites for hydroxylation is 1. The van der Waals surface area contributed by atoms with Crippen molar-refractivity contribution in [3.8, 4) is 0 Å². The van der Waals surface area contributed by atoms with Gasteiger partial charge in [0.2, 0.25) is 0 Å². The highest BCUT2D eigenvalue weighted by atomic mass is 16.1. The average molecular weight is 354 g/mol. The van der Waals surface area contributed by atoms with E-state index in [1.54, 1.807) is 12.3 Å². The number of carbonyl (C=O) groups excluding carboxylic acids is 1. The minimum Gasteiger partial charge on any atom is -0.372 e. The Balaban J connectivity index is 2.03. The number of nitrogens with one attached hydrogen (secondary N) is 2. The van der Waals surface area contributed by atoms with Crippen LogP contribution in [0.5, 0.6) is 0 Å². The van der Waals surface area contributed by atoms with Crippen LogP contribution in [0.2, 0.25) is 0 Å². The van der Waals surface area contributed by atoms with Crippen molar-refractivity contribution in [2.24, 2.45) is 0 Å². The Labute approximate surface area is 156 Å². The molecular formula is C21H30N4O. The number of unbranched alkanes of at least 4 members (excludes halogenated alkanes) is 1. The van der Waals surface area contributed by atoms with E-state index < -0.39 is 0 Å². The van der Waals surface area contributed by atoms with Gasteiger partial charge in [0.1, 0.15) is 5.82 Å². The van der Waals surface area contributed by atoms with Gasteiger partial charge < -0.3 is 15.5 Å². The predicted octanol–water partition coefficient (Wildman–Crippen LogP) is 4.51. The number of carbonyl (C=O) groups is 1. The first-order valence-electron chi connectivity index (χ1n) is 9.45. The van der Waals surface area contributed by atoms with Gasteiger partial charge in [-0.05, 0) is 63.1 Å². The summed E-state index contributed by atoms with van der Waals surface area (Å²) in [6.45, 7) is 11.2. The lowest BCUT2D eigenvalue weighted by Gasteiger charge is -2.22. The van der Waals surface area contributed by atoms with E-state index in [1.807, 2.05) is 6.07 Å². The molecule has 0 bridgehead atoms. The van der Waals surface area contributed by atoms with Gasteiger partial charge in [-0.2, -0.15) is 0 Å². The van der Waals surface area contributed by atoms with E-state index in [0.717, 1.165) is 43.0 Å². The number of benzene rings is 1. The fraction of sp³-hybridized carbons (Fsp3) is 0.429. The van der Waals surface area contributed by atoms with Crippen LogP contribution in [0.3, 0.4) is 0 Å². The Hall–Kier alpha value is -2.56. The van der Waals surface area contributed by atoms with Crippen molar-refractivity contribution >= 4 is 23.1 Å². The van der Waals surface area contributed by atoms with E-state index in [0.29, 0.717) is 12.1 Å². The zero-order chi connectivity index (χ0) is 18.9. The van der Waals surface area contributed by atoms with Crippen molar-refractivity contribution in [2.75, 3.05) is 29.9 Å². The van der Waals surface area contributed by atoms with E-state index in [-0.39, 0.29) is 5.91 Å². The first-order valence-corrected chi connectivity index (χ1v) is 9.45. The van der Waals surface area contributed by atoms with E-state index in [4.69, 9.17) is 0 Å². The molecule has 0 spiro atoms. The lowest BCUT2D eigenvalue weighted by Crippen LogP contribution is -2.24. The smallest absolute Gasteiger partial charge is 0.252 e. The van der Waals surface area contributed by atoms with Crippen LogP contribution in [-0.2, 0) is 0 Å². The van der Waals surface area contributed by atoms with Gasteiger partial charge in [0, 0.05) is 37.2 Å². The molecule has 0 fully saturated rings. The Morgan fingerprint density at radius 1 is 1.12 bits per heavy atom. The maximum Gasteiger partial charge on any atom is 0.252 e. The van der Waals surface area contributed by atoms with Crippen LogP contribution in [0.15, 0.2) is 36.5 Å². The molecule has 5 heteroatoms. The molecule has 2 N–H and O–H groups in total. The molecule has 0 aliphatic carbocycles. The fourth-order valence-electron chi connectivity index (χ4n) is 2.79. The van der Waals surface area contributed by atoms with Crippen LogP contribution in [0.4, 0.5) is 17.2 Å². The number of anilines is 3. The zero-order valence-corrected chi connectivity index (χ0v) is 16.3. The Bertz CT molecular complexity index is 708. The first kappa shape index (κ1) is 19.8. The maximum absolute atomic E-state index is 12.0. The number of hydrogen-bond acceptors (Lipinski definition) is 4. The molecule has 1 aromatic heterocycles. The van der Waals surface area contributed by atoms with Crippen LogP contribution < -0.4 is 15.5 Å². The molecule has 0 unspecified atom stereocenters. The van der Waals surface area contributed by atoms with Crippen LogP contribution >= 0.6 is 0 Å². The largest absolute Gasteiger partial charge is 0.372 e. The molecule has 5 nitrogen and oxygen atoms in total. The Morgan fingerprint density at radius 3 is 2.46 bits per heavy atom. The van der Waals surface area contributed by atoms with Gasteiger partial charge in [-0.25, -0.2) is 4.98 Å². The van der Waals surface area contributed by atoms with Crippen LogP contribution in [0.25, 0.3) is 0 Å². The van der Waals surface area contributed by atoms with Gasteiger partial charge in [-0.15, -0.1) is 0 Å². The normalized spacial score (nSPS) is 10.5. The highest BCUT2D eigenvalue weighted by Gasteiger charge is 2.08. The maximum atomic E-state index is 12.0. The molecule has 2 aromatic rings. The summed E-state index contributed by atoms with van der Waals surface area (Å²) in [7, 11) is 0. The van der Waals surface area contributed by atoms with Crippen molar-refractivity contribution in [1.82, 2.24) is 10.3 Å². The number of amides is 1. The number of rotatable bonds is 9. The number of hydrogen-bond donors (Lipinski definition) is 2. The predicted molar refractivity (Wildman–Crippen MR) is 110 cm³/mol. The van der Waals surface area contributed by atoms with Crippen molar-refractivity contribution < 1.29 is 4.79 Å². The molecular weight excluding hydrogens is 324 g/mol. The number of nitrogens with zero attached hydrogens (tertiary/aromatic N) is 2. The average Bonchev–Trinajstić information content (AvgIpc) is 2.65. The van der Waals surface area contributed by atoms with Crippen molar-refractivity contribution in [3.63, 3.8) is 0 Å². The third-order valence-electron chi connectivity index (χ3n) is 4.44. The third kappa shape index (κ3) is 5.22. The Morgan fingerprint density at radius 2 is 1.88 bits per heavy atom. The molecule has 140 valence electrons. The van der Waals surface area contributed by atoms with E-state index in [2.05, 4.69) is 66.4 Å². The van der Waals surface area contributed by atoms with Gasteiger partial charge in [-0.1, -0.05) is 13.3 Å². The van der Waals surface area contributed by atoms with E-state index >= 15 is 0 Å². The second kappa shape index (κ2) is 9.80. The summed E-state index contributed by atoms with van der Waals surface area (Å²) in [6.07, 6.45) is 3.67. The summed E-state index contributed by atoms with van der Waals surface area (Å²) >= 11 is 0. The summed E-state index contributed by atoms with van der Waals surface area (Å²) in [4.78, 5) is 18.7. The van der Waals surface area contributed by atoms with Crippen molar-refractivity contribution in [3.05, 3.63) is 47.7 Å². The lowest BCUT2D eigenvalue weighted by molar-refractivity contribution is 0.0953. The molecule has 0 atom stereocenters. The molecule has 2 rings (SSSR count). The first-order chi connectivity index (χ1) is 12.6.